The fraction of sp³-hybridized carbons (Fsp3) is 0.444. The van der Waals surface area contributed by atoms with Crippen LogP contribution >= 0.6 is 0 Å². The van der Waals surface area contributed by atoms with Gasteiger partial charge < -0.3 is 20.1 Å². The first-order chi connectivity index (χ1) is 16.1. The van der Waals surface area contributed by atoms with Crippen molar-refractivity contribution in [2.24, 2.45) is 5.41 Å². The quantitative estimate of drug-likeness (QED) is 0.561. The first-order valence-corrected chi connectivity index (χ1v) is 11.7. The summed E-state index contributed by atoms with van der Waals surface area (Å²) in [5, 5.41) is 12.0. The molecule has 0 spiro atoms. The van der Waals surface area contributed by atoms with E-state index in [0.717, 1.165) is 22.3 Å². The standard InChI is InChI=1S/C27H34N2O5/c1-5-14-29(16-25(31)32)24(30)15-23(27(2,3)4)28-26(33)34-17-22-20-12-8-6-10-18(20)19-11-7-9-13-21(19)22/h6-13,22-23H,5,14-17H2,1-4H3,(H,28,33)(H,31,32). The molecule has 3 rings (SSSR count). The van der Waals surface area contributed by atoms with Crippen LogP contribution in [0.4, 0.5) is 4.79 Å². The van der Waals surface area contributed by atoms with Gasteiger partial charge in [0.25, 0.3) is 0 Å². The molecule has 0 saturated heterocycles. The molecule has 2 aromatic carbocycles. The van der Waals surface area contributed by atoms with Gasteiger partial charge in [-0.15, -0.1) is 0 Å². The summed E-state index contributed by atoms with van der Waals surface area (Å²) in [7, 11) is 0. The minimum atomic E-state index is -1.06. The number of carboxylic acid groups (broad SMARTS) is 1. The monoisotopic (exact) mass is 466 g/mol. The highest BCUT2D eigenvalue weighted by Crippen LogP contribution is 2.44. The fourth-order valence-corrected chi connectivity index (χ4v) is 4.38. The zero-order valence-corrected chi connectivity index (χ0v) is 20.3. The van der Waals surface area contributed by atoms with E-state index in [2.05, 4.69) is 29.6 Å². The van der Waals surface area contributed by atoms with Crippen LogP contribution < -0.4 is 5.32 Å². The number of carboxylic acids is 1. The molecule has 1 atom stereocenters. The van der Waals surface area contributed by atoms with Gasteiger partial charge in [-0.25, -0.2) is 4.79 Å². The zero-order valence-electron chi connectivity index (χ0n) is 20.3. The van der Waals surface area contributed by atoms with E-state index in [0.29, 0.717) is 13.0 Å². The smallest absolute Gasteiger partial charge is 0.407 e. The molecule has 7 heteroatoms. The zero-order chi connectivity index (χ0) is 24.9. The largest absolute Gasteiger partial charge is 0.480 e. The Morgan fingerprint density at radius 1 is 1.03 bits per heavy atom. The number of ether oxygens (including phenoxy) is 1. The summed E-state index contributed by atoms with van der Waals surface area (Å²) in [5.41, 5.74) is 4.13. The molecular formula is C27H34N2O5. The normalized spacial score (nSPS) is 13.5. The summed E-state index contributed by atoms with van der Waals surface area (Å²) < 4.78 is 5.65. The Morgan fingerprint density at radius 3 is 2.09 bits per heavy atom. The third kappa shape index (κ3) is 5.95. The minimum Gasteiger partial charge on any atom is -0.480 e. The summed E-state index contributed by atoms with van der Waals surface area (Å²) in [6, 6.07) is 15.7. The Morgan fingerprint density at radius 2 is 1.59 bits per heavy atom. The Bertz CT molecular complexity index is 998. The molecule has 2 amide bonds. The highest BCUT2D eigenvalue weighted by atomic mass is 16.5. The Hall–Kier alpha value is -3.35. The molecule has 1 unspecified atom stereocenters. The Labute approximate surface area is 201 Å². The number of carbonyl (C=O) groups is 3. The van der Waals surface area contributed by atoms with E-state index in [1.807, 2.05) is 52.0 Å². The lowest BCUT2D eigenvalue weighted by Crippen LogP contribution is -2.48. The number of fused-ring (bicyclic) bond motifs is 3. The second-order valence-corrected chi connectivity index (χ2v) is 9.80. The number of aliphatic carboxylic acids is 1. The van der Waals surface area contributed by atoms with E-state index in [1.165, 1.54) is 4.90 Å². The van der Waals surface area contributed by atoms with Gasteiger partial charge in [0, 0.05) is 24.9 Å². The number of nitrogens with zero attached hydrogens (tertiary/aromatic N) is 1. The van der Waals surface area contributed by atoms with Gasteiger partial charge >= 0.3 is 12.1 Å². The molecule has 0 aliphatic heterocycles. The lowest BCUT2D eigenvalue weighted by Gasteiger charge is -2.32. The van der Waals surface area contributed by atoms with E-state index < -0.39 is 23.5 Å². The van der Waals surface area contributed by atoms with Crippen molar-refractivity contribution in [2.45, 2.75) is 52.5 Å². The van der Waals surface area contributed by atoms with E-state index in [9.17, 15) is 14.4 Å². The van der Waals surface area contributed by atoms with Crippen molar-refractivity contribution in [2.75, 3.05) is 19.7 Å². The SMILES string of the molecule is CCCN(CC(=O)O)C(=O)CC(NC(=O)OCC1c2ccccc2-c2ccccc21)C(C)(C)C. The van der Waals surface area contributed by atoms with Crippen molar-refractivity contribution in [3.63, 3.8) is 0 Å². The minimum absolute atomic E-state index is 0.000968. The van der Waals surface area contributed by atoms with Gasteiger partial charge in [-0.3, -0.25) is 9.59 Å². The average Bonchev–Trinajstić information content (AvgIpc) is 3.10. The molecular weight excluding hydrogens is 432 g/mol. The van der Waals surface area contributed by atoms with Crippen LogP contribution in [0.2, 0.25) is 0 Å². The molecule has 34 heavy (non-hydrogen) atoms. The van der Waals surface area contributed by atoms with Crippen LogP contribution in [0.25, 0.3) is 11.1 Å². The van der Waals surface area contributed by atoms with Gasteiger partial charge in [0.1, 0.15) is 13.2 Å². The molecule has 2 aromatic rings. The molecule has 0 heterocycles. The molecule has 2 N–H and O–H groups in total. The molecule has 0 fully saturated rings. The second kappa shape index (κ2) is 10.7. The van der Waals surface area contributed by atoms with Gasteiger partial charge in [0.15, 0.2) is 0 Å². The van der Waals surface area contributed by atoms with Crippen LogP contribution in [0.1, 0.15) is 57.6 Å². The van der Waals surface area contributed by atoms with Crippen molar-refractivity contribution < 1.29 is 24.2 Å². The third-order valence-corrected chi connectivity index (χ3v) is 6.23. The number of rotatable bonds is 9. The van der Waals surface area contributed by atoms with Crippen LogP contribution in [0.5, 0.6) is 0 Å². The number of benzene rings is 2. The highest BCUT2D eigenvalue weighted by molar-refractivity contribution is 5.82. The molecule has 1 aliphatic carbocycles. The molecule has 0 bridgehead atoms. The molecule has 7 nitrogen and oxygen atoms in total. The maximum Gasteiger partial charge on any atom is 0.407 e. The van der Waals surface area contributed by atoms with E-state index in [4.69, 9.17) is 9.84 Å². The highest BCUT2D eigenvalue weighted by Gasteiger charge is 2.33. The maximum absolute atomic E-state index is 12.8. The van der Waals surface area contributed by atoms with Crippen molar-refractivity contribution in [3.8, 4) is 11.1 Å². The van der Waals surface area contributed by atoms with Gasteiger partial charge in [-0.2, -0.15) is 0 Å². The number of hydrogen-bond donors (Lipinski definition) is 2. The van der Waals surface area contributed by atoms with Crippen LogP contribution in [0, 0.1) is 5.41 Å². The lowest BCUT2D eigenvalue weighted by molar-refractivity contribution is -0.144. The predicted octanol–water partition coefficient (Wildman–Crippen LogP) is 4.65. The summed E-state index contributed by atoms with van der Waals surface area (Å²) in [6.45, 7) is 7.85. The van der Waals surface area contributed by atoms with Crippen LogP contribution in [-0.2, 0) is 14.3 Å². The number of alkyl carbamates (subject to hydrolysis) is 1. The molecule has 0 saturated carbocycles. The van der Waals surface area contributed by atoms with E-state index in [-0.39, 0.29) is 31.4 Å². The van der Waals surface area contributed by atoms with Gasteiger partial charge in [0.05, 0.1) is 0 Å². The first kappa shape index (κ1) is 25.3. The predicted molar refractivity (Wildman–Crippen MR) is 131 cm³/mol. The molecule has 0 aromatic heterocycles. The first-order valence-electron chi connectivity index (χ1n) is 11.7. The lowest BCUT2D eigenvalue weighted by atomic mass is 9.84. The van der Waals surface area contributed by atoms with E-state index in [1.54, 1.807) is 0 Å². The molecule has 1 aliphatic rings. The van der Waals surface area contributed by atoms with Crippen molar-refractivity contribution >= 4 is 18.0 Å². The molecule has 0 radical (unpaired) electrons. The van der Waals surface area contributed by atoms with Gasteiger partial charge in [-0.1, -0.05) is 76.2 Å². The Balaban J connectivity index is 1.67. The summed E-state index contributed by atoms with van der Waals surface area (Å²) >= 11 is 0. The summed E-state index contributed by atoms with van der Waals surface area (Å²) in [5.74, 6) is -1.41. The third-order valence-electron chi connectivity index (χ3n) is 6.23. The van der Waals surface area contributed by atoms with Crippen LogP contribution in [0.15, 0.2) is 48.5 Å². The fourth-order valence-electron chi connectivity index (χ4n) is 4.38. The maximum atomic E-state index is 12.8. The van der Waals surface area contributed by atoms with Crippen molar-refractivity contribution in [1.29, 1.82) is 0 Å². The molecule has 182 valence electrons. The van der Waals surface area contributed by atoms with Crippen molar-refractivity contribution in [3.05, 3.63) is 59.7 Å². The number of nitrogens with one attached hydrogen (secondary N) is 1. The average molecular weight is 467 g/mol. The number of amides is 2. The number of carbonyl (C=O) groups excluding carboxylic acids is 2. The van der Waals surface area contributed by atoms with E-state index >= 15 is 0 Å². The van der Waals surface area contributed by atoms with Crippen LogP contribution in [-0.4, -0.2) is 53.7 Å². The van der Waals surface area contributed by atoms with Gasteiger partial charge in [-0.05, 0) is 34.1 Å². The summed E-state index contributed by atoms with van der Waals surface area (Å²) in [6.07, 6.45) is 0.0647. The second-order valence-electron chi connectivity index (χ2n) is 9.80. The van der Waals surface area contributed by atoms with Crippen LogP contribution in [0.3, 0.4) is 0 Å². The van der Waals surface area contributed by atoms with Crippen molar-refractivity contribution in [1.82, 2.24) is 10.2 Å². The topological polar surface area (TPSA) is 95.9 Å². The van der Waals surface area contributed by atoms with Gasteiger partial charge in [0.2, 0.25) is 5.91 Å². The Kier molecular flexibility index (Phi) is 7.97. The number of hydrogen-bond acceptors (Lipinski definition) is 4. The summed E-state index contributed by atoms with van der Waals surface area (Å²) in [4.78, 5) is 38.1.